The molecule has 2 fully saturated rings. The first kappa shape index (κ1) is 18.6. The molecule has 0 amide bonds. The lowest BCUT2D eigenvalue weighted by atomic mass is 9.78. The van der Waals surface area contributed by atoms with Gasteiger partial charge in [0.25, 0.3) is 0 Å². The van der Waals surface area contributed by atoms with Gasteiger partial charge in [-0.3, -0.25) is 0 Å². The first-order valence-electron chi connectivity index (χ1n) is 11.2. The first-order valence-corrected chi connectivity index (χ1v) is 11.2. The number of nitrogens with zero attached hydrogens (tertiary/aromatic N) is 6. The number of nitrogens with one attached hydrogen (secondary N) is 1. The summed E-state index contributed by atoms with van der Waals surface area (Å²) in [5.41, 5.74) is 3.26. The second kappa shape index (κ2) is 7.23. The smallest absolute Gasteiger partial charge is 0.185 e. The van der Waals surface area contributed by atoms with Gasteiger partial charge in [0, 0.05) is 19.6 Å². The number of rotatable bonds is 4. The van der Waals surface area contributed by atoms with Crippen molar-refractivity contribution in [3.8, 4) is 11.4 Å². The van der Waals surface area contributed by atoms with E-state index < -0.39 is 0 Å². The Hall–Kier alpha value is -3.13. The lowest BCUT2D eigenvalue weighted by molar-refractivity contribution is 0.247. The molecule has 160 valence electrons. The van der Waals surface area contributed by atoms with E-state index in [1.54, 1.807) is 0 Å². The molecule has 6 rings (SSSR count). The molecular formula is C23H27N7O. The van der Waals surface area contributed by atoms with E-state index in [0.717, 1.165) is 46.9 Å². The Morgan fingerprint density at radius 1 is 1.10 bits per heavy atom. The summed E-state index contributed by atoms with van der Waals surface area (Å²) in [5.74, 6) is 1.85. The minimum absolute atomic E-state index is 0.516. The van der Waals surface area contributed by atoms with Crippen LogP contribution in [0.4, 0.5) is 5.82 Å². The summed E-state index contributed by atoms with van der Waals surface area (Å²) in [7, 11) is 0. The zero-order chi connectivity index (χ0) is 20.8. The van der Waals surface area contributed by atoms with Gasteiger partial charge in [-0.15, -0.1) is 5.10 Å². The topological polar surface area (TPSA) is 72.5 Å². The monoisotopic (exact) mass is 417 g/mol. The summed E-state index contributed by atoms with van der Waals surface area (Å²) in [4.78, 5) is 7.18. The van der Waals surface area contributed by atoms with E-state index >= 15 is 0 Å². The maximum Gasteiger partial charge on any atom is 0.185 e. The van der Waals surface area contributed by atoms with E-state index in [4.69, 9.17) is 14.8 Å². The lowest BCUT2D eigenvalue weighted by Crippen LogP contribution is -2.41. The van der Waals surface area contributed by atoms with Crippen LogP contribution in [0.25, 0.3) is 22.2 Å². The van der Waals surface area contributed by atoms with Crippen molar-refractivity contribution < 1.29 is 4.74 Å². The maximum absolute atomic E-state index is 5.60. The fourth-order valence-corrected chi connectivity index (χ4v) is 5.05. The number of pyridine rings is 2. The molecule has 1 N–H and O–H groups in total. The zero-order valence-corrected chi connectivity index (χ0v) is 17.8. The number of aromatic nitrogens is 5. The molecule has 0 atom stereocenters. The summed E-state index contributed by atoms with van der Waals surface area (Å²) in [6, 6.07) is 8.19. The van der Waals surface area contributed by atoms with Gasteiger partial charge in [-0.05, 0) is 62.4 Å². The molecule has 2 saturated heterocycles. The van der Waals surface area contributed by atoms with Gasteiger partial charge < -0.3 is 15.0 Å². The Balaban J connectivity index is 1.26. The fourth-order valence-electron chi connectivity index (χ4n) is 5.05. The Bertz CT molecular complexity index is 1210. The van der Waals surface area contributed by atoms with Crippen molar-refractivity contribution in [3.63, 3.8) is 0 Å². The molecule has 8 heteroatoms. The second-order valence-corrected chi connectivity index (χ2v) is 8.71. The van der Waals surface area contributed by atoms with Crippen molar-refractivity contribution in [3.05, 3.63) is 42.9 Å². The van der Waals surface area contributed by atoms with Crippen molar-refractivity contribution in [2.45, 2.75) is 26.2 Å². The number of ether oxygens (including phenoxy) is 1. The molecule has 31 heavy (non-hydrogen) atoms. The molecule has 2 aliphatic heterocycles. The molecular weight excluding hydrogens is 390 g/mol. The van der Waals surface area contributed by atoms with Crippen LogP contribution in [-0.2, 0) is 0 Å². The van der Waals surface area contributed by atoms with Crippen LogP contribution in [0.5, 0.6) is 5.75 Å². The van der Waals surface area contributed by atoms with Crippen molar-refractivity contribution in [1.29, 1.82) is 0 Å². The van der Waals surface area contributed by atoms with Gasteiger partial charge in [0.15, 0.2) is 5.65 Å². The standard InChI is InChI=1S/C23H27N7O/c1-2-31-18-4-5-20-19-14-26-30(22(19)27-29(20)15-18)17-3-6-21(25-13-17)28-11-8-23(9-12-28)7-10-24-16-23/h3-6,13-15,24H,2,7-12,16H2,1H3. The van der Waals surface area contributed by atoms with E-state index in [2.05, 4.69) is 27.4 Å². The number of fused-ring (bicyclic) bond motifs is 3. The molecule has 0 aromatic carbocycles. The summed E-state index contributed by atoms with van der Waals surface area (Å²) >= 11 is 0. The van der Waals surface area contributed by atoms with E-state index in [0.29, 0.717) is 12.0 Å². The third-order valence-corrected chi connectivity index (χ3v) is 6.89. The zero-order valence-electron chi connectivity index (χ0n) is 17.8. The maximum atomic E-state index is 5.60. The first-order chi connectivity index (χ1) is 15.2. The van der Waals surface area contributed by atoms with Crippen LogP contribution in [0.1, 0.15) is 26.2 Å². The summed E-state index contributed by atoms with van der Waals surface area (Å²) < 4.78 is 9.32. The fraction of sp³-hybridized carbons (Fsp3) is 0.435. The molecule has 4 aromatic heterocycles. The van der Waals surface area contributed by atoms with Gasteiger partial charge in [-0.25, -0.2) is 14.2 Å². The van der Waals surface area contributed by atoms with Crippen LogP contribution >= 0.6 is 0 Å². The number of hydrogen-bond acceptors (Lipinski definition) is 6. The van der Waals surface area contributed by atoms with Gasteiger partial charge in [0.1, 0.15) is 11.6 Å². The molecule has 1 spiro atoms. The number of hydrogen-bond donors (Lipinski definition) is 1. The lowest BCUT2D eigenvalue weighted by Gasteiger charge is -2.39. The highest BCUT2D eigenvalue weighted by molar-refractivity contribution is 5.92. The molecule has 0 aliphatic carbocycles. The van der Waals surface area contributed by atoms with Crippen LogP contribution in [0.15, 0.2) is 42.9 Å². The van der Waals surface area contributed by atoms with Crippen molar-refractivity contribution in [1.82, 2.24) is 29.7 Å². The Morgan fingerprint density at radius 3 is 2.74 bits per heavy atom. The largest absolute Gasteiger partial charge is 0.492 e. The molecule has 0 radical (unpaired) electrons. The van der Waals surface area contributed by atoms with E-state index in [1.807, 2.05) is 46.8 Å². The highest BCUT2D eigenvalue weighted by Gasteiger charge is 2.37. The van der Waals surface area contributed by atoms with Gasteiger partial charge in [0.2, 0.25) is 0 Å². The summed E-state index contributed by atoms with van der Waals surface area (Å²) in [5, 5.41) is 13.9. The van der Waals surface area contributed by atoms with E-state index in [-0.39, 0.29) is 0 Å². The van der Waals surface area contributed by atoms with Gasteiger partial charge in [0.05, 0.1) is 41.8 Å². The van der Waals surface area contributed by atoms with Crippen molar-refractivity contribution >= 4 is 22.4 Å². The van der Waals surface area contributed by atoms with Crippen molar-refractivity contribution in [2.75, 3.05) is 37.7 Å². The molecule has 0 bridgehead atoms. The number of anilines is 1. The molecule has 0 saturated carbocycles. The predicted octanol–water partition coefficient (Wildman–Crippen LogP) is 3.05. The average Bonchev–Trinajstić information content (AvgIpc) is 3.50. The summed E-state index contributed by atoms with van der Waals surface area (Å²) in [6.07, 6.45) is 9.48. The minimum Gasteiger partial charge on any atom is -0.492 e. The quantitative estimate of drug-likeness (QED) is 0.550. The number of piperidine rings is 1. The predicted molar refractivity (Wildman–Crippen MR) is 120 cm³/mol. The third-order valence-electron chi connectivity index (χ3n) is 6.89. The van der Waals surface area contributed by atoms with Crippen LogP contribution < -0.4 is 15.0 Å². The van der Waals surface area contributed by atoms with Crippen LogP contribution in [0, 0.1) is 5.41 Å². The second-order valence-electron chi connectivity index (χ2n) is 8.71. The summed E-state index contributed by atoms with van der Waals surface area (Å²) in [6.45, 7) is 7.11. The normalized spacial score (nSPS) is 18.4. The van der Waals surface area contributed by atoms with Crippen LogP contribution in [-0.4, -0.2) is 57.2 Å². The van der Waals surface area contributed by atoms with Gasteiger partial charge in [-0.2, -0.15) is 5.10 Å². The average molecular weight is 418 g/mol. The molecule has 0 unspecified atom stereocenters. The van der Waals surface area contributed by atoms with Crippen LogP contribution in [0.3, 0.4) is 0 Å². The van der Waals surface area contributed by atoms with Crippen LogP contribution in [0.2, 0.25) is 0 Å². The van der Waals surface area contributed by atoms with Crippen molar-refractivity contribution in [2.24, 2.45) is 5.41 Å². The Labute approximate surface area is 180 Å². The van der Waals surface area contributed by atoms with Gasteiger partial charge in [-0.1, -0.05) is 0 Å². The van der Waals surface area contributed by atoms with Gasteiger partial charge >= 0.3 is 0 Å². The van der Waals surface area contributed by atoms with E-state index in [1.165, 1.54) is 32.4 Å². The Kier molecular flexibility index (Phi) is 4.34. The van der Waals surface area contributed by atoms with E-state index in [9.17, 15) is 0 Å². The molecule has 8 nitrogen and oxygen atoms in total. The highest BCUT2D eigenvalue weighted by Crippen LogP contribution is 2.38. The Morgan fingerprint density at radius 2 is 2.00 bits per heavy atom. The SMILES string of the molecule is CCOc1ccc2c3cnn(-c4ccc(N5CCC6(CCNC6)CC5)nc4)c3nn2c1. The minimum atomic E-state index is 0.516. The molecule has 6 heterocycles. The highest BCUT2D eigenvalue weighted by atomic mass is 16.5. The molecule has 4 aromatic rings. The molecule has 2 aliphatic rings. The third kappa shape index (κ3) is 3.13.